The molecule has 3 N–H and O–H groups in total. The average molecular weight is 702 g/mol. The number of anilines is 3. The molecule has 0 aliphatic rings. The first-order valence-electron chi connectivity index (χ1n) is 15.7. The van der Waals surface area contributed by atoms with E-state index in [2.05, 4.69) is 69.4 Å². The maximum atomic E-state index is 13.5. The second kappa shape index (κ2) is 14.7. The highest BCUT2D eigenvalue weighted by atomic mass is 35.5. The number of carbonyl (C=O) groups excluding carboxylic acids is 1. The number of halogens is 3. The molecule has 4 rings (SSSR count). The number of benzene rings is 3. The van der Waals surface area contributed by atoms with Crippen LogP contribution in [-0.2, 0) is 15.6 Å². The lowest BCUT2D eigenvalue weighted by atomic mass is 9.76. The highest BCUT2D eigenvalue weighted by Gasteiger charge is 2.29. The Kier molecular flexibility index (Phi) is 11.3. The normalized spacial score (nSPS) is 12.5. The number of methoxy groups -OCH3 is 1. The molecule has 0 aliphatic carbocycles. The van der Waals surface area contributed by atoms with E-state index < -0.39 is 6.10 Å². The number of aromatic amines is 1. The van der Waals surface area contributed by atoms with Gasteiger partial charge in [0.25, 0.3) is 11.5 Å². The Balaban J connectivity index is 1.54. The maximum absolute atomic E-state index is 13.5. The lowest BCUT2D eigenvalue weighted by molar-refractivity contribution is -0.122. The summed E-state index contributed by atoms with van der Waals surface area (Å²) in [4.78, 5) is 26.3. The Morgan fingerprint density at radius 1 is 0.894 bits per heavy atom. The third-order valence-electron chi connectivity index (χ3n) is 8.85. The fourth-order valence-electron chi connectivity index (χ4n) is 5.07. The summed E-state index contributed by atoms with van der Waals surface area (Å²) in [5, 5.41) is 9.87. The number of nitrogens with zero attached hydrogens (tertiary/aromatic N) is 1. The zero-order chi connectivity index (χ0) is 34.7. The Morgan fingerprint density at radius 2 is 1.55 bits per heavy atom. The van der Waals surface area contributed by atoms with Gasteiger partial charge in [-0.1, -0.05) is 95.4 Å². The quantitative estimate of drug-likeness (QED) is 0.129. The van der Waals surface area contributed by atoms with Crippen molar-refractivity contribution in [1.82, 2.24) is 9.78 Å². The van der Waals surface area contributed by atoms with E-state index in [0.29, 0.717) is 40.1 Å². The summed E-state index contributed by atoms with van der Waals surface area (Å²) >= 11 is 18.7. The van der Waals surface area contributed by atoms with Crippen LogP contribution in [0.1, 0.15) is 78.9 Å². The van der Waals surface area contributed by atoms with Crippen molar-refractivity contribution < 1.29 is 14.3 Å². The average Bonchev–Trinajstić information content (AvgIpc) is 3.38. The van der Waals surface area contributed by atoms with Crippen LogP contribution in [-0.4, -0.2) is 28.9 Å². The number of carbonyl (C=O) groups is 1. The summed E-state index contributed by atoms with van der Waals surface area (Å²) in [6.45, 7) is 15.2. The first-order chi connectivity index (χ1) is 22.1. The van der Waals surface area contributed by atoms with E-state index in [4.69, 9.17) is 44.3 Å². The minimum Gasteiger partial charge on any atom is -0.494 e. The van der Waals surface area contributed by atoms with Crippen LogP contribution in [0, 0.1) is 0 Å². The largest absolute Gasteiger partial charge is 0.494 e. The van der Waals surface area contributed by atoms with Gasteiger partial charge in [0.1, 0.15) is 23.0 Å². The predicted molar refractivity (Wildman–Crippen MR) is 194 cm³/mol. The van der Waals surface area contributed by atoms with Gasteiger partial charge in [-0.25, -0.2) is 4.68 Å². The van der Waals surface area contributed by atoms with Crippen LogP contribution in [0.15, 0.2) is 59.4 Å². The zero-order valence-corrected chi connectivity index (χ0v) is 30.4. The summed E-state index contributed by atoms with van der Waals surface area (Å²) in [7, 11) is 1.52. The molecule has 252 valence electrons. The molecule has 0 bridgehead atoms. The predicted octanol–water partition coefficient (Wildman–Crippen LogP) is 10.0. The monoisotopic (exact) mass is 700 g/mol. The van der Waals surface area contributed by atoms with Crippen LogP contribution in [0.5, 0.6) is 11.5 Å². The van der Waals surface area contributed by atoms with Gasteiger partial charge in [0.05, 0.1) is 22.8 Å². The molecular formula is C36H43Cl3N4O4. The van der Waals surface area contributed by atoms with E-state index in [1.165, 1.54) is 35.6 Å². The third kappa shape index (κ3) is 8.11. The van der Waals surface area contributed by atoms with Crippen LogP contribution in [0.2, 0.25) is 15.1 Å². The minimum atomic E-state index is -0.716. The van der Waals surface area contributed by atoms with Crippen molar-refractivity contribution in [3.05, 3.63) is 91.1 Å². The van der Waals surface area contributed by atoms with Gasteiger partial charge in [-0.05, 0) is 66.0 Å². The van der Waals surface area contributed by atoms with E-state index in [9.17, 15) is 9.59 Å². The van der Waals surface area contributed by atoms with Crippen LogP contribution < -0.4 is 25.7 Å². The zero-order valence-electron chi connectivity index (χ0n) is 28.1. The molecule has 47 heavy (non-hydrogen) atoms. The van der Waals surface area contributed by atoms with Crippen molar-refractivity contribution in [1.29, 1.82) is 0 Å². The van der Waals surface area contributed by atoms with Crippen molar-refractivity contribution in [2.24, 2.45) is 0 Å². The van der Waals surface area contributed by atoms with Crippen molar-refractivity contribution >= 4 is 57.9 Å². The van der Waals surface area contributed by atoms with Gasteiger partial charge in [0.15, 0.2) is 6.10 Å². The van der Waals surface area contributed by atoms with Gasteiger partial charge in [-0.2, -0.15) is 0 Å². The summed E-state index contributed by atoms with van der Waals surface area (Å²) in [6.07, 6.45) is 1.69. The molecule has 1 heterocycles. The van der Waals surface area contributed by atoms with Gasteiger partial charge in [0, 0.05) is 28.4 Å². The van der Waals surface area contributed by atoms with Crippen LogP contribution >= 0.6 is 34.8 Å². The third-order valence-corrected chi connectivity index (χ3v) is 9.65. The molecule has 11 heteroatoms. The standard InChI is InChI=1S/C36H43Cl3N4O4/c1-9-28(47-29-15-12-21(35(4,5)10-2)16-24(29)36(6,7)11-3)34(45)40-23-13-14-27(30(19-23)46-8)41-31-20-32(44)43(42-31)33-25(38)17-22(37)18-26(33)39/h12-20,28,41-42H,9-11H2,1-8H3,(H,40,45). The molecule has 4 aromatic rings. The van der Waals surface area contributed by atoms with Crippen LogP contribution in [0.3, 0.4) is 0 Å². The van der Waals surface area contributed by atoms with E-state index in [-0.39, 0.29) is 38.0 Å². The Bertz CT molecular complexity index is 1790. The molecule has 0 spiro atoms. The minimum absolute atomic E-state index is 0.0239. The first-order valence-corrected chi connectivity index (χ1v) is 16.8. The highest BCUT2D eigenvalue weighted by molar-refractivity contribution is 6.40. The molecule has 3 aromatic carbocycles. The molecule has 0 radical (unpaired) electrons. The van der Waals surface area contributed by atoms with Crippen molar-refractivity contribution in [3.8, 4) is 17.2 Å². The maximum Gasteiger partial charge on any atom is 0.273 e. The molecule has 0 saturated carbocycles. The summed E-state index contributed by atoms with van der Waals surface area (Å²) < 4.78 is 13.3. The number of nitrogens with one attached hydrogen (secondary N) is 3. The lowest BCUT2D eigenvalue weighted by Crippen LogP contribution is -2.33. The summed E-state index contributed by atoms with van der Waals surface area (Å²) in [5.41, 5.74) is 3.20. The number of hydrogen-bond acceptors (Lipinski definition) is 5. The number of aromatic nitrogens is 2. The number of rotatable bonds is 13. The first kappa shape index (κ1) is 36.2. The Morgan fingerprint density at radius 3 is 2.15 bits per heavy atom. The highest BCUT2D eigenvalue weighted by Crippen LogP contribution is 2.39. The number of amides is 1. The molecule has 1 unspecified atom stereocenters. The van der Waals surface area contributed by atoms with E-state index in [0.717, 1.165) is 18.4 Å². The second-order valence-corrected chi connectivity index (χ2v) is 14.0. The molecule has 1 amide bonds. The van der Waals surface area contributed by atoms with E-state index >= 15 is 0 Å². The smallest absolute Gasteiger partial charge is 0.273 e. The van der Waals surface area contributed by atoms with Crippen LogP contribution in [0.25, 0.3) is 5.69 Å². The molecular weight excluding hydrogens is 659 g/mol. The van der Waals surface area contributed by atoms with E-state index in [1.54, 1.807) is 18.2 Å². The molecule has 0 aliphatic heterocycles. The number of hydrogen-bond donors (Lipinski definition) is 3. The molecule has 1 aromatic heterocycles. The molecule has 8 nitrogen and oxygen atoms in total. The SMILES string of the molecule is CCC(Oc1ccc(C(C)(C)CC)cc1C(C)(C)CC)C(=O)Nc1ccc(Nc2cc(=O)n(-c3c(Cl)cc(Cl)cc3Cl)[nH]2)c(OC)c1. The van der Waals surface area contributed by atoms with Crippen molar-refractivity contribution in [2.75, 3.05) is 17.7 Å². The van der Waals surface area contributed by atoms with Gasteiger partial charge < -0.3 is 20.1 Å². The van der Waals surface area contributed by atoms with Gasteiger partial charge >= 0.3 is 0 Å². The Hall–Kier alpha value is -3.59. The van der Waals surface area contributed by atoms with Crippen molar-refractivity contribution in [3.63, 3.8) is 0 Å². The Labute approximate surface area is 291 Å². The summed E-state index contributed by atoms with van der Waals surface area (Å²) in [5.74, 6) is 1.25. The second-order valence-electron chi connectivity index (χ2n) is 12.8. The fourth-order valence-corrected chi connectivity index (χ4v) is 6.05. The van der Waals surface area contributed by atoms with Gasteiger partial charge in [0.2, 0.25) is 0 Å². The molecule has 0 saturated heterocycles. The molecule has 0 fully saturated rings. The number of H-pyrrole nitrogens is 1. The number of ether oxygens (including phenoxy) is 2. The van der Waals surface area contributed by atoms with E-state index in [1.807, 2.05) is 13.0 Å². The lowest BCUT2D eigenvalue weighted by Gasteiger charge is -2.31. The molecule has 1 atom stereocenters. The topological polar surface area (TPSA) is 97.4 Å². The van der Waals surface area contributed by atoms with Crippen LogP contribution in [0.4, 0.5) is 17.2 Å². The summed E-state index contributed by atoms with van der Waals surface area (Å²) in [6, 6.07) is 15.9. The van der Waals surface area contributed by atoms with Crippen molar-refractivity contribution in [2.45, 2.75) is 84.7 Å². The van der Waals surface area contributed by atoms with Gasteiger partial charge in [-0.15, -0.1) is 0 Å². The fraction of sp³-hybridized carbons (Fsp3) is 0.389. The van der Waals surface area contributed by atoms with Gasteiger partial charge in [-0.3, -0.25) is 14.7 Å².